The highest BCUT2D eigenvalue weighted by Gasteiger charge is 1.95. The van der Waals surface area contributed by atoms with E-state index in [1.54, 1.807) is 0 Å². The Labute approximate surface area is 90.5 Å². The average molecular weight is 210 g/mol. The molecule has 0 atom stereocenters. The molecule has 3 heteroatoms. The number of nitrogen functional groups attached to an aromatic ring is 1. The third-order valence-electron chi connectivity index (χ3n) is 1.90. The summed E-state index contributed by atoms with van der Waals surface area (Å²) in [5, 5.41) is 0. The first-order valence-electron chi connectivity index (χ1n) is 4.75. The van der Waals surface area contributed by atoms with Crippen LogP contribution >= 0.6 is 11.8 Å². The number of anilines is 1. The summed E-state index contributed by atoms with van der Waals surface area (Å²) < 4.78 is 0. The highest BCUT2D eigenvalue weighted by molar-refractivity contribution is 7.98. The van der Waals surface area contributed by atoms with Gasteiger partial charge in [0.05, 0.1) is 0 Å². The van der Waals surface area contributed by atoms with Crippen molar-refractivity contribution in [1.82, 2.24) is 4.90 Å². The zero-order chi connectivity index (χ0) is 10.4. The van der Waals surface area contributed by atoms with Gasteiger partial charge < -0.3 is 10.6 Å². The van der Waals surface area contributed by atoms with Crippen LogP contribution in [0, 0.1) is 0 Å². The summed E-state index contributed by atoms with van der Waals surface area (Å²) >= 11 is 1.95. The Kier molecular flexibility index (Phi) is 4.84. The van der Waals surface area contributed by atoms with E-state index >= 15 is 0 Å². The molecular weight excluding hydrogens is 192 g/mol. The van der Waals surface area contributed by atoms with E-state index in [0.29, 0.717) is 0 Å². The van der Waals surface area contributed by atoms with E-state index in [-0.39, 0.29) is 0 Å². The fraction of sp³-hybridized carbons (Fsp3) is 0.455. The molecule has 0 fully saturated rings. The number of hydrogen-bond acceptors (Lipinski definition) is 3. The maximum Gasteiger partial charge on any atom is 0.0317 e. The molecule has 0 heterocycles. The van der Waals surface area contributed by atoms with Gasteiger partial charge in [0.1, 0.15) is 0 Å². The number of nitrogens with two attached hydrogens (primary N) is 1. The highest BCUT2D eigenvalue weighted by Crippen LogP contribution is 2.14. The minimum absolute atomic E-state index is 0.857. The zero-order valence-electron chi connectivity index (χ0n) is 8.86. The van der Waals surface area contributed by atoms with Crippen molar-refractivity contribution in [2.24, 2.45) is 0 Å². The molecule has 1 aromatic rings. The number of hydrogen-bond donors (Lipinski definition) is 1. The van der Waals surface area contributed by atoms with Crippen LogP contribution in [0.25, 0.3) is 0 Å². The Morgan fingerprint density at radius 3 is 2.79 bits per heavy atom. The molecular formula is C11H18N2S. The largest absolute Gasteiger partial charge is 0.399 e. The van der Waals surface area contributed by atoms with E-state index in [1.807, 2.05) is 30.0 Å². The van der Waals surface area contributed by atoms with Crippen molar-refractivity contribution in [3.05, 3.63) is 29.8 Å². The Bertz CT molecular complexity index is 274. The Morgan fingerprint density at radius 1 is 1.36 bits per heavy atom. The average Bonchev–Trinajstić information content (AvgIpc) is 2.12. The molecule has 0 saturated carbocycles. The van der Waals surface area contributed by atoms with Gasteiger partial charge in [0.2, 0.25) is 0 Å². The van der Waals surface area contributed by atoms with Gasteiger partial charge in [-0.25, -0.2) is 0 Å². The van der Waals surface area contributed by atoms with Crippen LogP contribution in [0.5, 0.6) is 0 Å². The van der Waals surface area contributed by atoms with Crippen LogP contribution in [-0.4, -0.2) is 31.3 Å². The molecule has 1 aromatic carbocycles. The summed E-state index contributed by atoms with van der Waals surface area (Å²) in [6.07, 6.45) is 0. The molecule has 78 valence electrons. The molecule has 0 aliphatic heterocycles. The minimum atomic E-state index is 0.857. The van der Waals surface area contributed by atoms with E-state index in [2.05, 4.69) is 25.1 Å². The predicted octanol–water partition coefficient (Wildman–Crippen LogP) is 2.06. The second kappa shape index (κ2) is 5.94. The van der Waals surface area contributed by atoms with Crippen molar-refractivity contribution >= 4 is 17.4 Å². The van der Waals surface area contributed by atoms with Crippen molar-refractivity contribution in [2.45, 2.75) is 5.75 Å². The normalized spacial score (nSPS) is 10.8. The van der Waals surface area contributed by atoms with Gasteiger partial charge in [-0.3, -0.25) is 0 Å². The lowest BCUT2D eigenvalue weighted by atomic mass is 10.2. The number of benzene rings is 1. The summed E-state index contributed by atoms with van der Waals surface area (Å²) in [4.78, 5) is 2.20. The third-order valence-corrected chi connectivity index (χ3v) is 2.91. The molecule has 0 saturated heterocycles. The minimum Gasteiger partial charge on any atom is -0.399 e. The first kappa shape index (κ1) is 11.4. The van der Waals surface area contributed by atoms with Crippen LogP contribution < -0.4 is 5.73 Å². The first-order valence-corrected chi connectivity index (χ1v) is 5.91. The molecule has 0 aromatic heterocycles. The summed E-state index contributed by atoms with van der Waals surface area (Å²) in [5.41, 5.74) is 7.86. The lowest BCUT2D eigenvalue weighted by molar-refractivity contribution is 0.437. The van der Waals surface area contributed by atoms with Crippen LogP contribution in [0.1, 0.15) is 5.56 Å². The monoisotopic (exact) mass is 210 g/mol. The van der Waals surface area contributed by atoms with Crippen molar-refractivity contribution in [3.63, 3.8) is 0 Å². The number of rotatable bonds is 5. The summed E-state index contributed by atoms with van der Waals surface area (Å²) in [5.74, 6) is 2.22. The van der Waals surface area contributed by atoms with Crippen LogP contribution in [0.3, 0.4) is 0 Å². The molecule has 2 nitrogen and oxygen atoms in total. The molecule has 1 rings (SSSR count). The lowest BCUT2D eigenvalue weighted by Gasteiger charge is -2.08. The quantitative estimate of drug-likeness (QED) is 0.596. The second-order valence-electron chi connectivity index (χ2n) is 3.60. The van der Waals surface area contributed by atoms with E-state index in [0.717, 1.165) is 18.0 Å². The molecule has 0 spiro atoms. The fourth-order valence-corrected chi connectivity index (χ4v) is 2.17. The maximum atomic E-state index is 5.69. The van der Waals surface area contributed by atoms with Gasteiger partial charge in [-0.2, -0.15) is 11.8 Å². The molecule has 0 bridgehead atoms. The predicted molar refractivity (Wildman–Crippen MR) is 65.6 cm³/mol. The van der Waals surface area contributed by atoms with Gasteiger partial charge in [-0.05, 0) is 31.8 Å². The van der Waals surface area contributed by atoms with E-state index in [4.69, 9.17) is 5.73 Å². The fourth-order valence-electron chi connectivity index (χ4n) is 1.12. The maximum absolute atomic E-state index is 5.69. The number of thioether (sulfide) groups is 1. The lowest BCUT2D eigenvalue weighted by Crippen LogP contribution is -2.14. The van der Waals surface area contributed by atoms with E-state index in [1.165, 1.54) is 11.3 Å². The Morgan fingerprint density at radius 2 is 2.14 bits per heavy atom. The Balaban J connectivity index is 2.25. The van der Waals surface area contributed by atoms with Crippen molar-refractivity contribution in [3.8, 4) is 0 Å². The topological polar surface area (TPSA) is 29.3 Å². The molecule has 0 aliphatic carbocycles. The third kappa shape index (κ3) is 4.53. The highest BCUT2D eigenvalue weighted by atomic mass is 32.2. The van der Waals surface area contributed by atoms with Gasteiger partial charge in [-0.15, -0.1) is 0 Å². The van der Waals surface area contributed by atoms with Crippen LogP contribution in [-0.2, 0) is 5.75 Å². The van der Waals surface area contributed by atoms with Crippen molar-refractivity contribution in [2.75, 3.05) is 32.1 Å². The molecule has 0 unspecified atom stereocenters. The standard InChI is InChI=1S/C11H18N2S/c1-13(2)6-7-14-9-10-4-3-5-11(12)8-10/h3-5,8H,6-7,9,12H2,1-2H3. The summed E-state index contributed by atoms with van der Waals surface area (Å²) in [7, 11) is 4.20. The molecule has 0 aliphatic rings. The van der Waals surface area contributed by atoms with Gasteiger partial charge in [-0.1, -0.05) is 12.1 Å². The SMILES string of the molecule is CN(C)CCSCc1cccc(N)c1. The van der Waals surface area contributed by atoms with Gasteiger partial charge in [0.25, 0.3) is 0 Å². The van der Waals surface area contributed by atoms with E-state index < -0.39 is 0 Å². The molecule has 2 N–H and O–H groups in total. The number of nitrogens with zero attached hydrogens (tertiary/aromatic N) is 1. The molecule has 0 radical (unpaired) electrons. The zero-order valence-corrected chi connectivity index (χ0v) is 9.68. The van der Waals surface area contributed by atoms with Gasteiger partial charge >= 0.3 is 0 Å². The first-order chi connectivity index (χ1) is 6.68. The van der Waals surface area contributed by atoms with Crippen LogP contribution in [0.15, 0.2) is 24.3 Å². The van der Waals surface area contributed by atoms with Gasteiger partial charge in [0.15, 0.2) is 0 Å². The van der Waals surface area contributed by atoms with Crippen LogP contribution in [0.2, 0.25) is 0 Å². The van der Waals surface area contributed by atoms with Crippen LogP contribution in [0.4, 0.5) is 5.69 Å². The molecule has 0 amide bonds. The van der Waals surface area contributed by atoms with E-state index in [9.17, 15) is 0 Å². The van der Waals surface area contributed by atoms with Crippen molar-refractivity contribution in [1.29, 1.82) is 0 Å². The van der Waals surface area contributed by atoms with Crippen molar-refractivity contribution < 1.29 is 0 Å². The summed E-state index contributed by atoms with van der Waals surface area (Å²) in [6.45, 7) is 1.13. The van der Waals surface area contributed by atoms with Gasteiger partial charge in [0, 0.05) is 23.7 Å². The Hall–Kier alpha value is -0.670. The summed E-state index contributed by atoms with van der Waals surface area (Å²) in [6, 6.07) is 8.10. The smallest absolute Gasteiger partial charge is 0.0317 e. The second-order valence-corrected chi connectivity index (χ2v) is 4.71. The molecule has 14 heavy (non-hydrogen) atoms.